The van der Waals surface area contributed by atoms with Crippen LogP contribution in [0.4, 0.5) is 4.79 Å². The molecule has 2 aromatic heterocycles. The maximum atomic E-state index is 12.2. The summed E-state index contributed by atoms with van der Waals surface area (Å²) in [6.07, 6.45) is 3.19. The molecule has 10 heteroatoms. The summed E-state index contributed by atoms with van der Waals surface area (Å²) in [7, 11) is -3.95. The number of sulfonamides is 1. The fourth-order valence-corrected chi connectivity index (χ4v) is 4.66. The van der Waals surface area contributed by atoms with Gasteiger partial charge in [0, 0.05) is 59.8 Å². The number of nitrogens with one attached hydrogen (secondary N) is 2. The summed E-state index contributed by atoms with van der Waals surface area (Å²) in [4.78, 5) is 15.7. The van der Waals surface area contributed by atoms with E-state index in [4.69, 9.17) is 5.10 Å². The average Bonchev–Trinajstić information content (AvgIpc) is 3.14. The molecule has 0 aliphatic rings. The van der Waals surface area contributed by atoms with Gasteiger partial charge in [0.2, 0.25) is 0 Å². The number of aromatic nitrogens is 3. The number of benzene rings is 2. The molecule has 2 amide bonds. The van der Waals surface area contributed by atoms with Crippen LogP contribution in [0.2, 0.25) is 0 Å². The van der Waals surface area contributed by atoms with E-state index in [9.17, 15) is 13.2 Å². The van der Waals surface area contributed by atoms with E-state index in [1.54, 1.807) is 0 Å². The van der Waals surface area contributed by atoms with Crippen LogP contribution in [-0.4, -0.2) is 65.3 Å². The third-order valence-electron chi connectivity index (χ3n) is 5.41. The molecule has 4 aromatic rings. The van der Waals surface area contributed by atoms with Gasteiger partial charge >= 0.3 is 6.03 Å². The number of carbonyl (C=O) groups excluding carboxylic acids is 1. The topological polar surface area (TPSA) is 106 Å². The average molecular weight is 499 g/mol. The molecular formula is C25H25N5NaO3S. The first kappa shape index (κ1) is 26.6. The van der Waals surface area contributed by atoms with Crippen molar-refractivity contribution in [3.8, 4) is 16.8 Å². The fraction of sp³-hybridized carbons (Fsp3) is 0.160. The van der Waals surface area contributed by atoms with Gasteiger partial charge in [-0.2, -0.15) is 5.10 Å². The normalized spacial score (nSPS) is 10.9. The molecule has 2 aromatic carbocycles. The van der Waals surface area contributed by atoms with Gasteiger partial charge in [0.1, 0.15) is 4.90 Å². The second kappa shape index (κ2) is 11.6. The molecular weight excluding hydrogens is 473 g/mol. The third kappa shape index (κ3) is 6.37. The second-order valence-corrected chi connectivity index (χ2v) is 9.47. The molecule has 175 valence electrons. The standard InChI is InChI=1S/C25H25N5O3S.Na/c1-18-24(21-7-4-3-5-8-21)19(2)30(28-18)22-12-10-20(11-13-22)14-16-27-25(31)29-34(32,33)23-9-6-15-26-17-23;/h3-13,15,17H,14,16H2,1-2H3,(H2,27,29,31);. The molecule has 1 radical (unpaired) electrons. The van der Waals surface area contributed by atoms with E-state index in [0.717, 1.165) is 33.8 Å². The van der Waals surface area contributed by atoms with Gasteiger partial charge in [0.25, 0.3) is 10.0 Å². The Bertz CT molecular complexity index is 1390. The first-order chi connectivity index (χ1) is 16.3. The number of urea groups is 1. The minimum Gasteiger partial charge on any atom is -0.337 e. The van der Waals surface area contributed by atoms with Crippen molar-refractivity contribution in [2.45, 2.75) is 25.2 Å². The first-order valence-electron chi connectivity index (χ1n) is 10.8. The Hall–Kier alpha value is -2.98. The monoisotopic (exact) mass is 498 g/mol. The van der Waals surface area contributed by atoms with Gasteiger partial charge in [-0.25, -0.2) is 22.6 Å². The van der Waals surface area contributed by atoms with Crippen LogP contribution in [0, 0.1) is 13.8 Å². The maximum absolute atomic E-state index is 12.2. The van der Waals surface area contributed by atoms with E-state index in [2.05, 4.69) is 29.4 Å². The summed E-state index contributed by atoms with van der Waals surface area (Å²) in [5.41, 5.74) is 6.23. The van der Waals surface area contributed by atoms with Crippen molar-refractivity contribution in [1.29, 1.82) is 0 Å². The molecule has 2 N–H and O–H groups in total. The Kier molecular flexibility index (Phi) is 8.85. The Morgan fingerprint density at radius 1 is 0.971 bits per heavy atom. The van der Waals surface area contributed by atoms with Crippen molar-refractivity contribution < 1.29 is 13.2 Å². The summed E-state index contributed by atoms with van der Waals surface area (Å²) in [5.74, 6) is 0. The van der Waals surface area contributed by atoms with Crippen LogP contribution in [0.3, 0.4) is 0 Å². The summed E-state index contributed by atoms with van der Waals surface area (Å²) >= 11 is 0. The zero-order chi connectivity index (χ0) is 24.1. The maximum Gasteiger partial charge on any atom is 0.328 e. The Labute approximate surface area is 227 Å². The number of hydrogen-bond acceptors (Lipinski definition) is 5. The van der Waals surface area contributed by atoms with E-state index in [-0.39, 0.29) is 41.0 Å². The number of rotatable bonds is 7. The van der Waals surface area contributed by atoms with Crippen molar-refractivity contribution in [2.75, 3.05) is 6.54 Å². The largest absolute Gasteiger partial charge is 0.337 e. The van der Waals surface area contributed by atoms with Crippen LogP contribution in [0.15, 0.2) is 84.0 Å². The van der Waals surface area contributed by atoms with Crippen LogP contribution in [0.1, 0.15) is 17.0 Å². The smallest absolute Gasteiger partial charge is 0.328 e. The van der Waals surface area contributed by atoms with Gasteiger partial charge < -0.3 is 5.32 Å². The number of amides is 2. The molecule has 0 saturated heterocycles. The Morgan fingerprint density at radius 2 is 1.69 bits per heavy atom. The van der Waals surface area contributed by atoms with Crippen molar-refractivity contribution in [2.24, 2.45) is 0 Å². The van der Waals surface area contributed by atoms with Crippen molar-refractivity contribution >= 4 is 45.6 Å². The molecule has 0 bridgehead atoms. The van der Waals surface area contributed by atoms with Crippen LogP contribution < -0.4 is 10.0 Å². The summed E-state index contributed by atoms with van der Waals surface area (Å²) < 4.78 is 28.3. The molecule has 0 unspecified atom stereocenters. The summed E-state index contributed by atoms with van der Waals surface area (Å²) in [5, 5.41) is 7.30. The van der Waals surface area contributed by atoms with E-state index in [0.29, 0.717) is 6.42 Å². The molecule has 0 aliphatic heterocycles. The third-order valence-corrected chi connectivity index (χ3v) is 6.72. The van der Waals surface area contributed by atoms with Crippen molar-refractivity contribution in [3.63, 3.8) is 0 Å². The number of hydrogen-bond donors (Lipinski definition) is 2. The van der Waals surface area contributed by atoms with Crippen LogP contribution in [-0.2, 0) is 16.4 Å². The first-order valence-corrected chi connectivity index (χ1v) is 12.2. The fourth-order valence-electron chi connectivity index (χ4n) is 3.76. The summed E-state index contributed by atoms with van der Waals surface area (Å²) in [6.45, 7) is 4.34. The van der Waals surface area contributed by atoms with Crippen LogP contribution >= 0.6 is 0 Å². The van der Waals surface area contributed by atoms with Gasteiger partial charge in [-0.3, -0.25) is 4.98 Å². The molecule has 8 nitrogen and oxygen atoms in total. The SMILES string of the molecule is Cc1nn(-c2ccc(CCNC(=O)NS(=O)(=O)c3cccnc3)cc2)c(C)c1-c1ccccc1.[Na]. The van der Waals surface area contributed by atoms with Gasteiger partial charge in [0.15, 0.2) is 0 Å². The summed E-state index contributed by atoms with van der Waals surface area (Å²) in [6, 6.07) is 20.2. The quantitative estimate of drug-likeness (QED) is 0.380. The minimum absolute atomic E-state index is 0. The molecule has 0 spiro atoms. The molecule has 4 rings (SSSR count). The number of pyridine rings is 1. The molecule has 0 saturated carbocycles. The van der Waals surface area contributed by atoms with E-state index >= 15 is 0 Å². The molecule has 0 atom stereocenters. The predicted octanol–water partition coefficient (Wildman–Crippen LogP) is 3.40. The van der Waals surface area contributed by atoms with E-state index < -0.39 is 16.1 Å². The van der Waals surface area contributed by atoms with Crippen LogP contribution in [0.5, 0.6) is 0 Å². The van der Waals surface area contributed by atoms with Gasteiger partial charge in [-0.15, -0.1) is 0 Å². The molecule has 0 aliphatic carbocycles. The van der Waals surface area contributed by atoms with Gasteiger partial charge in [-0.1, -0.05) is 42.5 Å². The zero-order valence-electron chi connectivity index (χ0n) is 19.9. The molecule has 2 heterocycles. The Morgan fingerprint density at radius 3 is 2.34 bits per heavy atom. The van der Waals surface area contributed by atoms with E-state index in [1.165, 1.54) is 24.5 Å². The van der Waals surface area contributed by atoms with E-state index in [1.807, 2.05) is 58.8 Å². The Balaban J connectivity index is 0.00000342. The number of nitrogens with zero attached hydrogens (tertiary/aromatic N) is 3. The second-order valence-electron chi connectivity index (χ2n) is 7.79. The minimum atomic E-state index is -3.95. The van der Waals surface area contributed by atoms with Crippen LogP contribution in [0.25, 0.3) is 16.8 Å². The van der Waals surface area contributed by atoms with Gasteiger partial charge in [-0.05, 0) is 55.7 Å². The predicted molar refractivity (Wildman–Crippen MR) is 136 cm³/mol. The van der Waals surface area contributed by atoms with Crippen molar-refractivity contribution in [3.05, 3.63) is 96.1 Å². The molecule has 35 heavy (non-hydrogen) atoms. The van der Waals surface area contributed by atoms with Crippen molar-refractivity contribution in [1.82, 2.24) is 24.8 Å². The zero-order valence-corrected chi connectivity index (χ0v) is 22.7. The number of carbonyl (C=O) groups is 1. The van der Waals surface area contributed by atoms with Gasteiger partial charge in [0.05, 0.1) is 11.4 Å². The number of aryl methyl sites for hydroxylation is 1. The molecule has 0 fully saturated rings.